The van der Waals surface area contributed by atoms with Crippen molar-refractivity contribution >= 4 is 55.2 Å². The van der Waals surface area contributed by atoms with Crippen molar-refractivity contribution in [3.63, 3.8) is 0 Å². The zero-order valence-electron chi connectivity index (χ0n) is 28.7. The van der Waals surface area contributed by atoms with Crippen LogP contribution in [0.4, 0.5) is 0 Å². The summed E-state index contributed by atoms with van der Waals surface area (Å²) in [5.41, 5.74) is 13.1. The highest BCUT2D eigenvalue weighted by molar-refractivity contribution is 6.21. The fraction of sp³-hybridized carbons (Fsp3) is 0.0196. The summed E-state index contributed by atoms with van der Waals surface area (Å²) < 4.78 is 0. The van der Waals surface area contributed by atoms with Crippen LogP contribution in [-0.4, -0.2) is 0 Å². The third kappa shape index (κ3) is 4.99. The monoisotopic (exact) mass is 648 g/mol. The SMILES string of the molecule is C=Cc1c(C=C)c(-c2ccc3ccccc3c2)c2ccccc2c1-c1ccc(-c2c3ccccc3c(-c3ccc(C)cc3)c3ccccc23)cc1. The van der Waals surface area contributed by atoms with Gasteiger partial charge in [0.05, 0.1) is 0 Å². The fourth-order valence-corrected chi connectivity index (χ4v) is 8.14. The Bertz CT molecular complexity index is 2760. The average molecular weight is 649 g/mol. The predicted molar refractivity (Wildman–Crippen MR) is 223 cm³/mol. The highest BCUT2D eigenvalue weighted by Crippen LogP contribution is 2.46. The number of fused-ring (bicyclic) bond motifs is 4. The lowest BCUT2D eigenvalue weighted by molar-refractivity contribution is 1.47. The Morgan fingerprint density at radius 2 is 0.667 bits per heavy atom. The number of aryl methyl sites for hydroxylation is 1. The minimum Gasteiger partial charge on any atom is -0.0984 e. The second kappa shape index (κ2) is 12.4. The molecule has 240 valence electrons. The normalized spacial score (nSPS) is 11.4. The number of benzene rings is 9. The molecule has 9 rings (SSSR count). The molecule has 0 fully saturated rings. The van der Waals surface area contributed by atoms with Gasteiger partial charge in [-0.05, 0) is 112 Å². The van der Waals surface area contributed by atoms with E-state index in [0.717, 1.165) is 16.7 Å². The first-order chi connectivity index (χ1) is 25.1. The zero-order valence-corrected chi connectivity index (χ0v) is 28.7. The molecule has 0 amide bonds. The molecule has 0 aliphatic heterocycles. The first-order valence-electron chi connectivity index (χ1n) is 17.6. The quantitative estimate of drug-likeness (QED) is 0.157. The van der Waals surface area contributed by atoms with Crippen molar-refractivity contribution in [3.05, 3.63) is 194 Å². The molecule has 0 aliphatic rings. The smallest absolute Gasteiger partial charge is 0.00264 e. The first-order valence-corrected chi connectivity index (χ1v) is 17.6. The molecule has 0 radical (unpaired) electrons. The van der Waals surface area contributed by atoms with Crippen molar-refractivity contribution in [1.29, 1.82) is 0 Å². The largest absolute Gasteiger partial charge is 0.0984 e. The molecule has 0 unspecified atom stereocenters. The number of hydrogen-bond acceptors (Lipinski definition) is 0. The summed E-state index contributed by atoms with van der Waals surface area (Å²) >= 11 is 0. The second-order valence-electron chi connectivity index (χ2n) is 13.4. The standard InChI is InChI=1S/C51H36/c1-4-40-41(5-2)51(39-31-26-34-14-6-7-15-38(34)32-39)47-21-13-8-16-42(47)48(40)36-27-29-37(30-28-36)50-45-19-11-9-17-43(45)49(35-24-22-33(3)23-25-35)44-18-10-12-20-46(44)50/h4-32H,1-2H2,3H3. The van der Waals surface area contributed by atoms with E-state index in [1.807, 2.05) is 12.2 Å². The van der Waals surface area contributed by atoms with Crippen LogP contribution in [-0.2, 0) is 0 Å². The second-order valence-corrected chi connectivity index (χ2v) is 13.4. The molecule has 9 aromatic carbocycles. The highest BCUT2D eigenvalue weighted by Gasteiger charge is 2.20. The third-order valence-corrected chi connectivity index (χ3v) is 10.5. The van der Waals surface area contributed by atoms with Crippen LogP contribution in [0.2, 0.25) is 0 Å². The van der Waals surface area contributed by atoms with Crippen LogP contribution in [0.1, 0.15) is 16.7 Å². The van der Waals surface area contributed by atoms with E-state index in [1.54, 1.807) is 0 Å². The van der Waals surface area contributed by atoms with Gasteiger partial charge in [-0.2, -0.15) is 0 Å². The molecule has 0 N–H and O–H groups in total. The van der Waals surface area contributed by atoms with Crippen molar-refractivity contribution in [1.82, 2.24) is 0 Å². The molecule has 0 nitrogen and oxygen atoms in total. The van der Waals surface area contributed by atoms with Gasteiger partial charge >= 0.3 is 0 Å². The van der Waals surface area contributed by atoms with E-state index < -0.39 is 0 Å². The van der Waals surface area contributed by atoms with Gasteiger partial charge in [0.25, 0.3) is 0 Å². The molecule has 0 aliphatic carbocycles. The van der Waals surface area contributed by atoms with Gasteiger partial charge < -0.3 is 0 Å². The third-order valence-electron chi connectivity index (χ3n) is 10.5. The summed E-state index contributed by atoms with van der Waals surface area (Å²) in [6.07, 6.45) is 4.00. The lowest BCUT2D eigenvalue weighted by atomic mass is 9.82. The van der Waals surface area contributed by atoms with Crippen molar-refractivity contribution in [3.8, 4) is 44.5 Å². The van der Waals surface area contributed by atoms with Crippen molar-refractivity contribution in [2.45, 2.75) is 6.92 Å². The predicted octanol–water partition coefficient (Wildman–Crippen LogP) is 14.6. The fourth-order valence-electron chi connectivity index (χ4n) is 8.14. The molecular formula is C51H36. The molecule has 0 aromatic heterocycles. The average Bonchev–Trinajstić information content (AvgIpc) is 3.19. The van der Waals surface area contributed by atoms with Crippen LogP contribution < -0.4 is 0 Å². The molecule has 0 spiro atoms. The molecular weight excluding hydrogens is 613 g/mol. The van der Waals surface area contributed by atoms with Crippen LogP contribution in [0.5, 0.6) is 0 Å². The van der Waals surface area contributed by atoms with Gasteiger partial charge in [-0.15, -0.1) is 0 Å². The summed E-state index contributed by atoms with van der Waals surface area (Å²) in [5.74, 6) is 0. The van der Waals surface area contributed by atoms with E-state index in [4.69, 9.17) is 0 Å². The molecule has 9 aromatic rings. The Morgan fingerprint density at radius 1 is 0.333 bits per heavy atom. The van der Waals surface area contributed by atoms with Gasteiger partial charge in [-0.1, -0.05) is 189 Å². The number of hydrogen-bond donors (Lipinski definition) is 0. The Morgan fingerprint density at radius 3 is 1.12 bits per heavy atom. The van der Waals surface area contributed by atoms with Crippen molar-refractivity contribution in [2.75, 3.05) is 0 Å². The Hall–Kier alpha value is -6.50. The van der Waals surface area contributed by atoms with E-state index in [0.29, 0.717) is 0 Å². The van der Waals surface area contributed by atoms with Gasteiger partial charge in [0.1, 0.15) is 0 Å². The molecule has 0 bridgehead atoms. The summed E-state index contributed by atoms with van der Waals surface area (Å²) in [6.45, 7) is 10.8. The van der Waals surface area contributed by atoms with Crippen molar-refractivity contribution in [2.24, 2.45) is 0 Å². The van der Waals surface area contributed by atoms with E-state index in [2.05, 4.69) is 184 Å². The summed E-state index contributed by atoms with van der Waals surface area (Å²) in [7, 11) is 0. The maximum Gasteiger partial charge on any atom is -0.00264 e. The molecule has 0 saturated carbocycles. The van der Waals surface area contributed by atoms with Crippen LogP contribution in [0.3, 0.4) is 0 Å². The van der Waals surface area contributed by atoms with E-state index in [-0.39, 0.29) is 0 Å². The minimum absolute atomic E-state index is 1.10. The molecule has 51 heavy (non-hydrogen) atoms. The lowest BCUT2D eigenvalue weighted by Gasteiger charge is -2.21. The van der Waals surface area contributed by atoms with Gasteiger partial charge in [0.15, 0.2) is 0 Å². The Labute approximate surface area is 299 Å². The van der Waals surface area contributed by atoms with Crippen LogP contribution >= 0.6 is 0 Å². The minimum atomic E-state index is 1.10. The van der Waals surface area contributed by atoms with Crippen LogP contribution in [0.15, 0.2) is 177 Å². The summed E-state index contributed by atoms with van der Waals surface area (Å²) in [4.78, 5) is 0. The maximum atomic E-state index is 4.34. The Balaban J connectivity index is 1.25. The first kappa shape index (κ1) is 30.6. The van der Waals surface area contributed by atoms with Gasteiger partial charge in [0, 0.05) is 0 Å². The zero-order chi connectivity index (χ0) is 34.5. The highest BCUT2D eigenvalue weighted by atomic mass is 14.2. The topological polar surface area (TPSA) is 0 Å². The molecule has 0 atom stereocenters. The molecule has 0 saturated heterocycles. The van der Waals surface area contributed by atoms with Crippen molar-refractivity contribution < 1.29 is 0 Å². The number of rotatable bonds is 6. The van der Waals surface area contributed by atoms with Crippen LogP contribution in [0.25, 0.3) is 99.7 Å². The van der Waals surface area contributed by atoms with Gasteiger partial charge in [-0.3, -0.25) is 0 Å². The lowest BCUT2D eigenvalue weighted by Crippen LogP contribution is -1.96. The molecule has 0 heteroatoms. The van der Waals surface area contributed by atoms with Crippen LogP contribution in [0, 0.1) is 6.92 Å². The van der Waals surface area contributed by atoms with E-state index >= 15 is 0 Å². The maximum absolute atomic E-state index is 4.34. The van der Waals surface area contributed by atoms with Gasteiger partial charge in [0.2, 0.25) is 0 Å². The Kier molecular flexibility index (Phi) is 7.45. The molecule has 0 heterocycles. The van der Waals surface area contributed by atoms with Gasteiger partial charge in [-0.25, -0.2) is 0 Å². The van der Waals surface area contributed by atoms with E-state index in [1.165, 1.54) is 87.6 Å². The summed E-state index contributed by atoms with van der Waals surface area (Å²) in [5, 5.41) is 9.90. The summed E-state index contributed by atoms with van der Waals surface area (Å²) in [6, 6.07) is 59.8. The van der Waals surface area contributed by atoms with E-state index in [9.17, 15) is 0 Å².